The molecule has 0 fully saturated rings. The summed E-state index contributed by atoms with van der Waals surface area (Å²) in [4.78, 5) is 26.6. The third kappa shape index (κ3) is 5.51. The van der Waals surface area contributed by atoms with Crippen LogP contribution in [-0.2, 0) is 4.79 Å². The van der Waals surface area contributed by atoms with Crippen LogP contribution < -0.4 is 10.9 Å². The molecule has 1 amide bonds. The van der Waals surface area contributed by atoms with E-state index in [1.54, 1.807) is 6.07 Å². The maximum absolute atomic E-state index is 12.3. The molecule has 2 N–H and O–H groups in total. The average molecular weight is 393 g/mol. The number of hydrogen-bond acceptors (Lipinski definition) is 4. The van der Waals surface area contributed by atoms with Gasteiger partial charge in [0.2, 0.25) is 5.91 Å². The van der Waals surface area contributed by atoms with Crippen LogP contribution in [0.25, 0.3) is 22.0 Å². The van der Waals surface area contributed by atoms with Crippen molar-refractivity contribution in [3.05, 3.63) is 58.9 Å². The van der Waals surface area contributed by atoms with Gasteiger partial charge in [-0.05, 0) is 57.6 Å². The summed E-state index contributed by atoms with van der Waals surface area (Å²) in [5.74, 6) is 0.0135. The molecule has 6 nitrogen and oxygen atoms in total. The maximum atomic E-state index is 12.3. The molecule has 6 heteroatoms. The number of hydrogen-bond donors (Lipinski definition) is 2. The van der Waals surface area contributed by atoms with E-state index in [4.69, 9.17) is 0 Å². The number of H-pyrrole nitrogens is 1. The fourth-order valence-corrected chi connectivity index (χ4v) is 3.46. The maximum Gasteiger partial charge on any atom is 0.272 e. The number of benzene rings is 2. The van der Waals surface area contributed by atoms with Crippen molar-refractivity contribution < 1.29 is 4.79 Å². The molecule has 0 radical (unpaired) electrons. The SMILES string of the molecule is CCCN(C)CCCCC(=O)Nc1cccc(-c2n[nH]c(=O)c3ccccc23)c1. The lowest BCUT2D eigenvalue weighted by Gasteiger charge is -2.14. The second-order valence-electron chi connectivity index (χ2n) is 7.34. The summed E-state index contributed by atoms with van der Waals surface area (Å²) < 4.78 is 0. The normalized spacial score (nSPS) is 11.1. The van der Waals surface area contributed by atoms with Crippen molar-refractivity contribution in [1.29, 1.82) is 0 Å². The van der Waals surface area contributed by atoms with Crippen molar-refractivity contribution in [3.63, 3.8) is 0 Å². The first-order valence-electron chi connectivity index (χ1n) is 10.1. The Balaban J connectivity index is 1.66. The van der Waals surface area contributed by atoms with Gasteiger partial charge in [0.1, 0.15) is 0 Å². The Labute approximate surface area is 170 Å². The molecular weight excluding hydrogens is 364 g/mol. The van der Waals surface area contributed by atoms with Crippen LogP contribution in [-0.4, -0.2) is 41.1 Å². The molecule has 0 aliphatic heterocycles. The highest BCUT2D eigenvalue weighted by Crippen LogP contribution is 2.26. The summed E-state index contributed by atoms with van der Waals surface area (Å²) in [5.41, 5.74) is 2.05. The number of amides is 1. The molecule has 0 aliphatic carbocycles. The van der Waals surface area contributed by atoms with E-state index in [0.717, 1.165) is 49.0 Å². The van der Waals surface area contributed by atoms with Crippen molar-refractivity contribution in [2.75, 3.05) is 25.5 Å². The van der Waals surface area contributed by atoms with Gasteiger partial charge in [-0.2, -0.15) is 5.10 Å². The number of carbonyl (C=O) groups excluding carboxylic acids is 1. The Kier molecular flexibility index (Phi) is 7.14. The van der Waals surface area contributed by atoms with Crippen LogP contribution in [0.4, 0.5) is 5.69 Å². The predicted molar refractivity (Wildman–Crippen MR) is 118 cm³/mol. The van der Waals surface area contributed by atoms with E-state index < -0.39 is 0 Å². The molecule has 29 heavy (non-hydrogen) atoms. The standard InChI is InChI=1S/C23H28N4O2/c1-3-14-27(2)15-7-6-13-21(28)24-18-10-8-9-17(16-18)22-19-11-4-5-12-20(19)23(29)26-25-22/h4-5,8-12,16H,3,6-7,13-15H2,1-2H3,(H,24,28)(H,26,29). The van der Waals surface area contributed by atoms with Gasteiger partial charge in [0, 0.05) is 23.1 Å². The summed E-state index contributed by atoms with van der Waals surface area (Å²) >= 11 is 0. The van der Waals surface area contributed by atoms with Gasteiger partial charge >= 0.3 is 0 Å². The first-order chi connectivity index (χ1) is 14.1. The number of aromatic amines is 1. The number of aromatic nitrogens is 2. The average Bonchev–Trinajstić information content (AvgIpc) is 2.72. The molecule has 0 unspecified atom stereocenters. The van der Waals surface area contributed by atoms with Crippen LogP contribution in [0.5, 0.6) is 0 Å². The lowest BCUT2D eigenvalue weighted by Crippen LogP contribution is -2.20. The highest BCUT2D eigenvalue weighted by atomic mass is 16.1. The molecule has 0 atom stereocenters. The third-order valence-corrected chi connectivity index (χ3v) is 4.91. The van der Waals surface area contributed by atoms with Crippen molar-refractivity contribution >= 4 is 22.4 Å². The van der Waals surface area contributed by atoms with Gasteiger partial charge in [-0.15, -0.1) is 0 Å². The van der Waals surface area contributed by atoms with Gasteiger partial charge in [-0.25, -0.2) is 5.10 Å². The van der Waals surface area contributed by atoms with E-state index in [0.29, 0.717) is 17.5 Å². The van der Waals surface area contributed by atoms with E-state index in [1.807, 2.05) is 42.5 Å². The summed E-state index contributed by atoms with van der Waals surface area (Å²) in [6, 6.07) is 14.9. The monoisotopic (exact) mass is 392 g/mol. The summed E-state index contributed by atoms with van der Waals surface area (Å²) in [5, 5.41) is 11.1. The molecule has 1 aromatic heterocycles. The fraction of sp³-hybridized carbons (Fsp3) is 0.348. The van der Waals surface area contributed by atoms with Gasteiger partial charge in [0.25, 0.3) is 5.56 Å². The zero-order chi connectivity index (χ0) is 20.6. The molecule has 0 bridgehead atoms. The second kappa shape index (κ2) is 9.98. The number of rotatable bonds is 9. The molecule has 0 aliphatic rings. The largest absolute Gasteiger partial charge is 0.326 e. The lowest BCUT2D eigenvalue weighted by atomic mass is 10.0. The summed E-state index contributed by atoms with van der Waals surface area (Å²) in [7, 11) is 2.11. The molecule has 2 aromatic carbocycles. The highest BCUT2D eigenvalue weighted by Gasteiger charge is 2.10. The van der Waals surface area contributed by atoms with Gasteiger partial charge in [0.05, 0.1) is 11.1 Å². The smallest absolute Gasteiger partial charge is 0.272 e. The second-order valence-corrected chi connectivity index (χ2v) is 7.34. The minimum atomic E-state index is -0.210. The van der Waals surface area contributed by atoms with Gasteiger partial charge in [0.15, 0.2) is 0 Å². The number of fused-ring (bicyclic) bond motifs is 1. The molecule has 0 saturated carbocycles. The first kappa shape index (κ1) is 20.7. The summed E-state index contributed by atoms with van der Waals surface area (Å²) in [6.07, 6.45) is 3.53. The summed E-state index contributed by atoms with van der Waals surface area (Å²) in [6.45, 7) is 4.28. The number of unbranched alkanes of at least 4 members (excludes halogenated alkanes) is 1. The van der Waals surface area contributed by atoms with Crippen molar-refractivity contribution in [3.8, 4) is 11.3 Å². The van der Waals surface area contributed by atoms with Crippen LogP contribution in [0, 0.1) is 0 Å². The van der Waals surface area contributed by atoms with E-state index in [-0.39, 0.29) is 11.5 Å². The van der Waals surface area contributed by atoms with E-state index in [2.05, 4.69) is 34.4 Å². The topological polar surface area (TPSA) is 78.1 Å². The molecule has 1 heterocycles. The number of nitrogens with zero attached hydrogens (tertiary/aromatic N) is 2. The first-order valence-corrected chi connectivity index (χ1v) is 10.1. The quantitative estimate of drug-likeness (QED) is 0.539. The number of anilines is 1. The zero-order valence-corrected chi connectivity index (χ0v) is 17.1. The van der Waals surface area contributed by atoms with Gasteiger partial charge in [-0.1, -0.05) is 37.3 Å². The molecule has 0 spiro atoms. The van der Waals surface area contributed by atoms with Crippen molar-refractivity contribution in [1.82, 2.24) is 15.1 Å². The van der Waals surface area contributed by atoms with Crippen LogP contribution in [0.1, 0.15) is 32.6 Å². The highest BCUT2D eigenvalue weighted by molar-refractivity contribution is 5.95. The van der Waals surface area contributed by atoms with Crippen LogP contribution in [0.15, 0.2) is 53.3 Å². The van der Waals surface area contributed by atoms with Crippen molar-refractivity contribution in [2.24, 2.45) is 0 Å². The Morgan fingerprint density at radius 2 is 1.86 bits per heavy atom. The van der Waals surface area contributed by atoms with Gasteiger partial charge < -0.3 is 10.2 Å². The van der Waals surface area contributed by atoms with E-state index in [9.17, 15) is 9.59 Å². The zero-order valence-electron chi connectivity index (χ0n) is 17.1. The Morgan fingerprint density at radius 3 is 2.66 bits per heavy atom. The van der Waals surface area contributed by atoms with Gasteiger partial charge in [-0.3, -0.25) is 9.59 Å². The Morgan fingerprint density at radius 1 is 1.07 bits per heavy atom. The molecule has 152 valence electrons. The molecule has 3 rings (SSSR count). The minimum Gasteiger partial charge on any atom is -0.326 e. The molecular formula is C23H28N4O2. The van der Waals surface area contributed by atoms with Crippen LogP contribution >= 0.6 is 0 Å². The number of nitrogens with one attached hydrogen (secondary N) is 2. The van der Waals surface area contributed by atoms with Crippen LogP contribution in [0.2, 0.25) is 0 Å². The van der Waals surface area contributed by atoms with Crippen molar-refractivity contribution in [2.45, 2.75) is 32.6 Å². The minimum absolute atomic E-state index is 0.0135. The molecule has 3 aromatic rings. The van der Waals surface area contributed by atoms with E-state index >= 15 is 0 Å². The Bertz CT molecular complexity index is 1030. The number of carbonyl (C=O) groups is 1. The molecule has 0 saturated heterocycles. The lowest BCUT2D eigenvalue weighted by molar-refractivity contribution is -0.116. The third-order valence-electron chi connectivity index (χ3n) is 4.91. The fourth-order valence-electron chi connectivity index (χ4n) is 3.46. The van der Waals surface area contributed by atoms with E-state index in [1.165, 1.54) is 0 Å². The Hall–Kier alpha value is -2.99. The predicted octanol–water partition coefficient (Wildman–Crippen LogP) is 4.04. The van der Waals surface area contributed by atoms with Crippen LogP contribution in [0.3, 0.4) is 0 Å².